The molecule has 0 heterocycles. The molecule has 0 saturated heterocycles. The molecular formula is C24H40O2. The third kappa shape index (κ3) is 5.20. The van der Waals surface area contributed by atoms with Gasteiger partial charge >= 0.3 is 0 Å². The summed E-state index contributed by atoms with van der Waals surface area (Å²) < 4.78 is 0. The Kier molecular flexibility index (Phi) is 7.35. The molecule has 3 aliphatic carbocycles. The number of rotatable bonds is 6. The first-order valence-electron chi connectivity index (χ1n) is 11.6. The summed E-state index contributed by atoms with van der Waals surface area (Å²) in [4.78, 5) is 25.4. The lowest BCUT2D eigenvalue weighted by atomic mass is 9.65. The minimum Gasteiger partial charge on any atom is -0.300 e. The number of Topliss-reactive ketones (excluding diaryl/α,β-unsaturated/α-hetero) is 2. The van der Waals surface area contributed by atoms with Crippen LogP contribution in [0.15, 0.2) is 0 Å². The van der Waals surface area contributed by atoms with E-state index in [9.17, 15) is 9.59 Å². The maximum absolute atomic E-state index is 13.5. The normalized spacial score (nSPS) is 31.9. The number of ketones is 2. The van der Waals surface area contributed by atoms with Gasteiger partial charge in [0.15, 0.2) is 0 Å². The molecule has 2 nitrogen and oxygen atoms in total. The average molecular weight is 361 g/mol. The lowest BCUT2D eigenvalue weighted by Crippen LogP contribution is -2.36. The van der Waals surface area contributed by atoms with Crippen LogP contribution >= 0.6 is 0 Å². The molecule has 3 saturated carbocycles. The van der Waals surface area contributed by atoms with Gasteiger partial charge in [0.1, 0.15) is 11.6 Å². The predicted octanol–water partition coefficient (Wildman–Crippen LogP) is 6.36. The van der Waals surface area contributed by atoms with E-state index in [0.717, 1.165) is 25.7 Å². The van der Waals surface area contributed by atoms with Crippen LogP contribution in [0.4, 0.5) is 0 Å². The fraction of sp³-hybridized carbons (Fsp3) is 0.917. The van der Waals surface area contributed by atoms with Crippen molar-refractivity contribution in [1.82, 2.24) is 0 Å². The molecule has 26 heavy (non-hydrogen) atoms. The molecule has 0 spiro atoms. The van der Waals surface area contributed by atoms with Crippen LogP contribution in [0.1, 0.15) is 104 Å². The number of carbonyl (C=O) groups is 2. The summed E-state index contributed by atoms with van der Waals surface area (Å²) in [6.45, 7) is 4.01. The summed E-state index contributed by atoms with van der Waals surface area (Å²) in [6.07, 6.45) is 17.1. The highest BCUT2D eigenvalue weighted by Crippen LogP contribution is 2.43. The third-order valence-electron chi connectivity index (χ3n) is 7.79. The Morgan fingerprint density at radius 3 is 1.85 bits per heavy atom. The maximum Gasteiger partial charge on any atom is 0.136 e. The number of carbonyl (C=O) groups excluding carboxylic acids is 2. The average Bonchev–Trinajstić information content (AvgIpc) is 2.63. The van der Waals surface area contributed by atoms with Crippen molar-refractivity contribution >= 4 is 11.6 Å². The van der Waals surface area contributed by atoms with Gasteiger partial charge in [0.2, 0.25) is 0 Å². The van der Waals surface area contributed by atoms with Crippen LogP contribution in [0.5, 0.6) is 0 Å². The topological polar surface area (TPSA) is 34.1 Å². The van der Waals surface area contributed by atoms with Gasteiger partial charge in [0.25, 0.3) is 0 Å². The van der Waals surface area contributed by atoms with Crippen molar-refractivity contribution in [2.24, 2.45) is 35.5 Å². The van der Waals surface area contributed by atoms with E-state index in [0.29, 0.717) is 41.2 Å². The SMILES string of the molecule is CC(=O)C1CC(C)CC(CC(=O)C(C2CCCCC2)C2CCCCC2)C1. The Balaban J connectivity index is 1.66. The minimum atomic E-state index is 0.208. The second-order valence-electron chi connectivity index (χ2n) is 9.98. The minimum absolute atomic E-state index is 0.208. The second kappa shape index (κ2) is 9.51. The molecule has 0 radical (unpaired) electrons. The van der Waals surface area contributed by atoms with E-state index in [1.165, 1.54) is 64.2 Å². The van der Waals surface area contributed by atoms with Crippen molar-refractivity contribution in [2.75, 3.05) is 0 Å². The first-order valence-corrected chi connectivity index (χ1v) is 11.6. The van der Waals surface area contributed by atoms with Crippen LogP contribution in [-0.2, 0) is 9.59 Å². The molecule has 2 heteroatoms. The van der Waals surface area contributed by atoms with E-state index >= 15 is 0 Å². The predicted molar refractivity (Wildman–Crippen MR) is 107 cm³/mol. The van der Waals surface area contributed by atoms with Crippen LogP contribution < -0.4 is 0 Å². The van der Waals surface area contributed by atoms with E-state index in [2.05, 4.69) is 6.92 Å². The zero-order chi connectivity index (χ0) is 18.5. The van der Waals surface area contributed by atoms with Gasteiger partial charge in [-0.25, -0.2) is 0 Å². The van der Waals surface area contributed by atoms with Gasteiger partial charge in [-0.1, -0.05) is 45.4 Å². The van der Waals surface area contributed by atoms with E-state index in [-0.39, 0.29) is 5.92 Å². The molecule has 0 aromatic heterocycles. The molecule has 3 fully saturated rings. The lowest BCUT2D eigenvalue weighted by Gasteiger charge is -2.38. The zero-order valence-corrected chi connectivity index (χ0v) is 17.2. The van der Waals surface area contributed by atoms with Crippen molar-refractivity contribution < 1.29 is 9.59 Å². The summed E-state index contributed by atoms with van der Waals surface area (Å²) in [5, 5.41) is 0. The Morgan fingerprint density at radius 1 is 0.808 bits per heavy atom. The summed E-state index contributed by atoms with van der Waals surface area (Å²) in [5.74, 6) is 3.82. The summed E-state index contributed by atoms with van der Waals surface area (Å²) in [7, 11) is 0. The highest BCUT2D eigenvalue weighted by molar-refractivity contribution is 5.82. The fourth-order valence-electron chi connectivity index (χ4n) is 6.56. The molecule has 0 aromatic rings. The Labute approximate surface area is 160 Å². The number of hydrogen-bond donors (Lipinski definition) is 0. The van der Waals surface area contributed by atoms with Gasteiger partial charge in [-0.15, -0.1) is 0 Å². The fourth-order valence-corrected chi connectivity index (χ4v) is 6.56. The number of hydrogen-bond acceptors (Lipinski definition) is 2. The Morgan fingerprint density at radius 2 is 1.35 bits per heavy atom. The van der Waals surface area contributed by atoms with Gasteiger partial charge in [-0.3, -0.25) is 9.59 Å². The molecule has 3 unspecified atom stereocenters. The molecule has 0 aromatic carbocycles. The third-order valence-corrected chi connectivity index (χ3v) is 7.79. The molecule has 3 rings (SSSR count). The molecule has 0 amide bonds. The zero-order valence-electron chi connectivity index (χ0n) is 17.2. The van der Waals surface area contributed by atoms with Crippen LogP contribution in [-0.4, -0.2) is 11.6 Å². The molecule has 3 atom stereocenters. The van der Waals surface area contributed by atoms with Crippen molar-refractivity contribution in [1.29, 1.82) is 0 Å². The Hall–Kier alpha value is -0.660. The second-order valence-corrected chi connectivity index (χ2v) is 9.98. The van der Waals surface area contributed by atoms with Crippen LogP contribution in [0, 0.1) is 35.5 Å². The van der Waals surface area contributed by atoms with Crippen molar-refractivity contribution in [3.8, 4) is 0 Å². The smallest absolute Gasteiger partial charge is 0.136 e. The van der Waals surface area contributed by atoms with E-state index in [4.69, 9.17) is 0 Å². The first-order chi connectivity index (χ1) is 12.5. The summed E-state index contributed by atoms with van der Waals surface area (Å²) in [6, 6.07) is 0. The highest BCUT2D eigenvalue weighted by Gasteiger charge is 2.38. The highest BCUT2D eigenvalue weighted by atomic mass is 16.1. The van der Waals surface area contributed by atoms with Gasteiger partial charge in [-0.2, -0.15) is 0 Å². The van der Waals surface area contributed by atoms with Crippen molar-refractivity contribution in [3.63, 3.8) is 0 Å². The van der Waals surface area contributed by atoms with Crippen LogP contribution in [0.3, 0.4) is 0 Å². The molecule has 3 aliphatic rings. The van der Waals surface area contributed by atoms with E-state index in [1.807, 2.05) is 0 Å². The van der Waals surface area contributed by atoms with E-state index < -0.39 is 0 Å². The molecular weight excluding hydrogens is 320 g/mol. The monoisotopic (exact) mass is 360 g/mol. The standard InChI is InChI=1S/C24H40O2/c1-17-13-19(15-22(14-17)18(2)25)16-23(26)24(20-9-5-3-6-10-20)21-11-7-4-8-12-21/h17,19-22,24H,3-16H2,1-2H3. The molecule has 0 N–H and O–H groups in total. The van der Waals surface area contributed by atoms with Crippen molar-refractivity contribution in [3.05, 3.63) is 0 Å². The Bertz CT molecular complexity index is 453. The van der Waals surface area contributed by atoms with Gasteiger partial charge in [0.05, 0.1) is 0 Å². The largest absolute Gasteiger partial charge is 0.300 e. The summed E-state index contributed by atoms with van der Waals surface area (Å²) >= 11 is 0. The van der Waals surface area contributed by atoms with Crippen LogP contribution in [0.2, 0.25) is 0 Å². The first kappa shape index (κ1) is 20.1. The molecule has 0 bridgehead atoms. The van der Waals surface area contributed by atoms with Gasteiger partial charge < -0.3 is 0 Å². The molecule has 148 valence electrons. The maximum atomic E-state index is 13.5. The quantitative estimate of drug-likeness (QED) is 0.552. The molecule has 0 aliphatic heterocycles. The lowest BCUT2D eigenvalue weighted by molar-refractivity contribution is -0.130. The van der Waals surface area contributed by atoms with E-state index in [1.54, 1.807) is 6.92 Å². The van der Waals surface area contributed by atoms with Crippen molar-refractivity contribution in [2.45, 2.75) is 104 Å². The van der Waals surface area contributed by atoms with Gasteiger partial charge in [0, 0.05) is 18.3 Å². The summed E-state index contributed by atoms with van der Waals surface area (Å²) in [5.41, 5.74) is 0. The van der Waals surface area contributed by atoms with Crippen LogP contribution in [0.25, 0.3) is 0 Å². The van der Waals surface area contributed by atoms with Gasteiger partial charge in [-0.05, 0) is 75.5 Å².